The first kappa shape index (κ1) is 22.8. The fourth-order valence-corrected chi connectivity index (χ4v) is 4.88. The fraction of sp³-hybridized carbons (Fsp3) is 0.308. The topological polar surface area (TPSA) is 84.2 Å². The molecule has 3 heterocycles. The van der Waals surface area contributed by atoms with Crippen molar-refractivity contribution in [2.24, 2.45) is 0 Å². The quantitative estimate of drug-likeness (QED) is 0.587. The van der Waals surface area contributed by atoms with E-state index in [0.717, 1.165) is 11.1 Å². The molecule has 0 atom stereocenters. The van der Waals surface area contributed by atoms with Crippen LogP contribution in [-0.4, -0.2) is 58.6 Å². The Hall–Kier alpha value is -4.01. The summed E-state index contributed by atoms with van der Waals surface area (Å²) >= 11 is 0. The smallest absolute Gasteiger partial charge is 0.274 e. The average molecular weight is 480 g/mol. The Balaban J connectivity index is 1.39. The Morgan fingerprint density at radius 2 is 1.51 bits per heavy atom. The van der Waals surface area contributed by atoms with E-state index in [0.29, 0.717) is 56.3 Å². The maximum atomic E-state index is 13.4. The lowest BCUT2D eigenvalue weighted by atomic mass is 10.0. The summed E-state index contributed by atoms with van der Waals surface area (Å²) in [7, 11) is 3.12. The zero-order valence-corrected chi connectivity index (χ0v) is 19.6. The Bertz CT molecular complexity index is 1300. The summed E-state index contributed by atoms with van der Waals surface area (Å²) in [5.74, 6) is -0.0796. The average Bonchev–Trinajstić information content (AvgIpc) is 3.16. The van der Waals surface area contributed by atoms with Crippen LogP contribution in [-0.2, 0) is 26.1 Å². The molecule has 9 heteroatoms. The minimum absolute atomic E-state index is 0.143. The highest BCUT2D eigenvalue weighted by atomic mass is 19.1. The van der Waals surface area contributed by atoms with E-state index >= 15 is 0 Å². The van der Waals surface area contributed by atoms with Gasteiger partial charge in [0.15, 0.2) is 22.9 Å². The van der Waals surface area contributed by atoms with Crippen LogP contribution < -0.4 is 9.47 Å². The lowest BCUT2D eigenvalue weighted by molar-refractivity contribution is 0.0680. The molecule has 2 amide bonds. The first-order valence-electron chi connectivity index (χ1n) is 11.4. The van der Waals surface area contributed by atoms with Crippen molar-refractivity contribution in [3.63, 3.8) is 0 Å². The highest BCUT2D eigenvalue weighted by Gasteiger charge is 2.39. The number of fused-ring (bicyclic) bond motifs is 3. The minimum Gasteiger partial charge on any atom is -0.505 e. The van der Waals surface area contributed by atoms with Gasteiger partial charge in [0, 0.05) is 44.8 Å². The van der Waals surface area contributed by atoms with Crippen LogP contribution in [0.15, 0.2) is 42.5 Å². The van der Waals surface area contributed by atoms with Crippen molar-refractivity contribution in [3.8, 4) is 17.2 Å². The highest BCUT2D eigenvalue weighted by molar-refractivity contribution is 6.05. The van der Waals surface area contributed by atoms with Crippen LogP contribution in [0.2, 0.25) is 0 Å². The van der Waals surface area contributed by atoms with Crippen molar-refractivity contribution in [2.75, 3.05) is 27.3 Å². The Kier molecular flexibility index (Phi) is 5.84. The van der Waals surface area contributed by atoms with E-state index in [1.165, 1.54) is 12.1 Å². The van der Waals surface area contributed by atoms with Gasteiger partial charge in [0.25, 0.3) is 11.8 Å². The van der Waals surface area contributed by atoms with Crippen LogP contribution in [0.3, 0.4) is 0 Å². The van der Waals surface area contributed by atoms with E-state index in [-0.39, 0.29) is 34.6 Å². The van der Waals surface area contributed by atoms with Gasteiger partial charge in [-0.25, -0.2) is 4.39 Å². The molecule has 1 aromatic heterocycles. The summed E-state index contributed by atoms with van der Waals surface area (Å²) in [5, 5.41) is 11.0. The van der Waals surface area contributed by atoms with Gasteiger partial charge in [0.05, 0.1) is 14.2 Å². The number of hydrogen-bond donors (Lipinski definition) is 1. The number of amides is 2. The molecule has 0 spiro atoms. The molecule has 2 aliphatic rings. The molecule has 0 fully saturated rings. The molecule has 0 saturated carbocycles. The molecule has 0 aliphatic carbocycles. The molecular weight excluding hydrogens is 453 g/mol. The van der Waals surface area contributed by atoms with Gasteiger partial charge < -0.3 is 28.9 Å². The third-order valence-electron chi connectivity index (χ3n) is 6.66. The monoisotopic (exact) mass is 479 g/mol. The molecule has 8 nitrogen and oxygen atoms in total. The number of rotatable bonds is 6. The van der Waals surface area contributed by atoms with Crippen molar-refractivity contribution in [1.29, 1.82) is 0 Å². The van der Waals surface area contributed by atoms with E-state index in [2.05, 4.69) is 0 Å². The second-order valence-corrected chi connectivity index (χ2v) is 8.69. The van der Waals surface area contributed by atoms with Gasteiger partial charge in [-0.1, -0.05) is 18.2 Å². The molecule has 1 N–H and O–H groups in total. The number of carbonyl (C=O) groups is 2. The zero-order valence-electron chi connectivity index (χ0n) is 19.6. The van der Waals surface area contributed by atoms with Crippen LogP contribution in [0.4, 0.5) is 4.39 Å². The Morgan fingerprint density at radius 3 is 2.23 bits per heavy atom. The van der Waals surface area contributed by atoms with Gasteiger partial charge in [0.2, 0.25) is 0 Å². The SMILES string of the molecule is COc1ccc(CN2CCc3c(c(O)c4n3CCN(Cc3ccc(F)cc3)C4=O)C2=O)cc1OC. The number of ether oxygens (including phenoxy) is 2. The van der Waals surface area contributed by atoms with Crippen molar-refractivity contribution < 1.29 is 28.6 Å². The molecule has 0 radical (unpaired) electrons. The summed E-state index contributed by atoms with van der Waals surface area (Å²) < 4.78 is 25.7. The number of methoxy groups -OCH3 is 2. The fourth-order valence-electron chi connectivity index (χ4n) is 4.88. The first-order chi connectivity index (χ1) is 16.9. The summed E-state index contributed by atoms with van der Waals surface area (Å²) in [6.07, 6.45) is 0.535. The van der Waals surface area contributed by atoms with E-state index in [9.17, 15) is 19.1 Å². The van der Waals surface area contributed by atoms with Crippen LogP contribution >= 0.6 is 0 Å². The molecule has 0 bridgehead atoms. The summed E-state index contributed by atoms with van der Waals surface area (Å²) in [5.41, 5.74) is 2.69. The first-order valence-corrected chi connectivity index (χ1v) is 11.4. The molecule has 3 aromatic rings. The van der Waals surface area contributed by atoms with Crippen LogP contribution in [0.5, 0.6) is 17.2 Å². The minimum atomic E-state index is -0.341. The third kappa shape index (κ3) is 3.96. The van der Waals surface area contributed by atoms with Crippen molar-refractivity contribution >= 4 is 11.8 Å². The second kappa shape index (κ2) is 8.98. The molecule has 35 heavy (non-hydrogen) atoms. The van der Waals surface area contributed by atoms with Gasteiger partial charge in [-0.05, 0) is 35.4 Å². The van der Waals surface area contributed by atoms with Crippen molar-refractivity contribution in [1.82, 2.24) is 14.4 Å². The normalized spacial score (nSPS) is 15.2. The Labute approximate surface area is 202 Å². The van der Waals surface area contributed by atoms with E-state index in [1.807, 2.05) is 12.1 Å². The number of aromatic nitrogens is 1. The number of nitrogens with zero attached hydrogens (tertiary/aromatic N) is 3. The summed E-state index contributed by atoms with van der Waals surface area (Å²) in [6.45, 7) is 2.02. The number of aromatic hydroxyl groups is 1. The summed E-state index contributed by atoms with van der Waals surface area (Å²) in [6, 6.07) is 11.5. The third-order valence-corrected chi connectivity index (χ3v) is 6.66. The maximum absolute atomic E-state index is 13.4. The molecule has 182 valence electrons. The molecule has 2 aliphatic heterocycles. The van der Waals surface area contributed by atoms with E-state index in [4.69, 9.17) is 9.47 Å². The molecule has 0 unspecified atom stereocenters. The molecule has 2 aromatic carbocycles. The lowest BCUT2D eigenvalue weighted by Crippen LogP contribution is -2.41. The Morgan fingerprint density at radius 1 is 0.857 bits per heavy atom. The number of hydrogen-bond acceptors (Lipinski definition) is 5. The van der Waals surface area contributed by atoms with Crippen LogP contribution in [0.1, 0.15) is 37.7 Å². The molecular formula is C26H26FN3O5. The molecule has 0 saturated heterocycles. The predicted molar refractivity (Wildman–Crippen MR) is 125 cm³/mol. The lowest BCUT2D eigenvalue weighted by Gasteiger charge is -2.31. The number of halogens is 1. The van der Waals surface area contributed by atoms with Crippen molar-refractivity contribution in [2.45, 2.75) is 26.1 Å². The number of benzene rings is 2. The highest BCUT2D eigenvalue weighted by Crippen LogP contribution is 2.37. The standard InChI is InChI=1S/C26H26FN3O5/c1-34-20-8-5-17(13-21(20)35-2)15-28-10-9-19-22(25(28)32)24(31)23-26(33)29(11-12-30(19)23)14-16-3-6-18(27)7-4-16/h3-8,13,31H,9-12,14-15H2,1-2H3. The van der Waals surface area contributed by atoms with Gasteiger partial charge in [-0.3, -0.25) is 9.59 Å². The van der Waals surface area contributed by atoms with Crippen LogP contribution in [0.25, 0.3) is 0 Å². The van der Waals surface area contributed by atoms with Gasteiger partial charge in [0.1, 0.15) is 11.4 Å². The maximum Gasteiger partial charge on any atom is 0.274 e. The van der Waals surface area contributed by atoms with E-state index in [1.54, 1.807) is 46.8 Å². The number of carbonyl (C=O) groups excluding carboxylic acids is 2. The van der Waals surface area contributed by atoms with Gasteiger partial charge in [-0.15, -0.1) is 0 Å². The zero-order chi connectivity index (χ0) is 24.7. The van der Waals surface area contributed by atoms with Gasteiger partial charge >= 0.3 is 0 Å². The largest absolute Gasteiger partial charge is 0.505 e. The van der Waals surface area contributed by atoms with Crippen LogP contribution in [0, 0.1) is 5.82 Å². The van der Waals surface area contributed by atoms with Gasteiger partial charge in [-0.2, -0.15) is 0 Å². The van der Waals surface area contributed by atoms with E-state index < -0.39 is 0 Å². The second-order valence-electron chi connectivity index (χ2n) is 8.69. The predicted octanol–water partition coefficient (Wildman–Crippen LogP) is 3.20. The van der Waals surface area contributed by atoms with Crippen molar-refractivity contribution in [3.05, 3.63) is 76.4 Å². The summed E-state index contributed by atoms with van der Waals surface area (Å²) in [4.78, 5) is 29.9. The molecule has 5 rings (SSSR count).